The second-order valence-electron chi connectivity index (χ2n) is 13.8. The van der Waals surface area contributed by atoms with E-state index in [1.165, 1.54) is 4.68 Å². The standard InChI is InChI=1S/C44H22F6N10/c45-27-16-18-30(35(49)33(27)47)51-29-15-7-14-26-32(29)42-55-38-21-9-2-4-11-23(21)40(53-38)58-44-25-13-6-5-12-24(25)43(60(44)59-31-19-17-28(46)34(48)36(31)50)57-39-22-10-3-1-8-20(22)37(52-39)54-41(26)56-42/h1-19,51,59H,(H,52,53,54,55,56,57,58). The van der Waals surface area contributed by atoms with Gasteiger partial charge in [-0.3, -0.25) is 5.43 Å². The zero-order valence-corrected chi connectivity index (χ0v) is 30.4. The summed E-state index contributed by atoms with van der Waals surface area (Å²) in [5, 5.41) is 4.93. The molecule has 0 amide bonds. The van der Waals surface area contributed by atoms with Crippen LogP contribution in [0.25, 0.3) is 89.7 Å². The molecule has 0 aliphatic carbocycles. The first-order chi connectivity index (χ1) is 29.2. The summed E-state index contributed by atoms with van der Waals surface area (Å²) in [6.07, 6.45) is 0. The van der Waals surface area contributed by atoms with E-state index in [-0.39, 0.29) is 51.6 Å². The predicted octanol–water partition coefficient (Wildman–Crippen LogP) is 10.8. The number of anilines is 3. The third-order valence-corrected chi connectivity index (χ3v) is 10.3. The highest BCUT2D eigenvalue weighted by atomic mass is 19.2. The molecule has 2 aliphatic rings. The van der Waals surface area contributed by atoms with Crippen molar-refractivity contribution in [2.24, 2.45) is 0 Å². The Kier molecular flexibility index (Phi) is 7.71. The second kappa shape index (κ2) is 13.2. The number of benzene rings is 6. The van der Waals surface area contributed by atoms with E-state index < -0.39 is 40.6 Å². The molecular weight excluding hydrogens is 783 g/mol. The van der Waals surface area contributed by atoms with Crippen molar-refractivity contribution in [2.45, 2.75) is 0 Å². The van der Waals surface area contributed by atoms with Crippen molar-refractivity contribution in [2.75, 3.05) is 10.7 Å². The molecule has 9 aromatic rings. The summed E-state index contributed by atoms with van der Waals surface area (Å²) in [5.74, 6) is -7.97. The number of hydrogen-bond acceptors (Lipinski definition) is 8. The van der Waals surface area contributed by atoms with Crippen molar-refractivity contribution in [1.29, 1.82) is 0 Å². The Hall–Kier alpha value is -8.14. The molecule has 2 aliphatic heterocycles. The van der Waals surface area contributed by atoms with Gasteiger partial charge in [-0.05, 0) is 30.3 Å². The Morgan fingerprint density at radius 3 is 1.43 bits per heavy atom. The zero-order chi connectivity index (χ0) is 40.8. The van der Waals surface area contributed by atoms with Crippen LogP contribution in [0.2, 0.25) is 0 Å². The van der Waals surface area contributed by atoms with Crippen molar-refractivity contribution in [1.82, 2.24) is 39.6 Å². The number of nitrogens with one attached hydrogen (secondary N) is 3. The Bertz CT molecular complexity index is 3490. The van der Waals surface area contributed by atoms with Gasteiger partial charge in [0.25, 0.3) is 0 Å². The number of H-pyrrole nitrogens is 1. The minimum absolute atomic E-state index is 0.184. The normalized spacial score (nSPS) is 11.8. The molecule has 16 heteroatoms. The molecule has 8 bridgehead atoms. The lowest BCUT2D eigenvalue weighted by Crippen LogP contribution is -2.12. The number of aromatic nitrogens is 8. The average molecular weight is 805 g/mol. The summed E-state index contributed by atoms with van der Waals surface area (Å²) < 4.78 is 89.0. The Morgan fingerprint density at radius 2 is 0.867 bits per heavy atom. The molecule has 0 spiro atoms. The Morgan fingerprint density at radius 1 is 0.400 bits per heavy atom. The molecule has 0 atom stereocenters. The van der Waals surface area contributed by atoms with E-state index in [1.54, 1.807) is 66.7 Å². The van der Waals surface area contributed by atoms with Gasteiger partial charge in [0.15, 0.2) is 69.5 Å². The molecule has 0 unspecified atom stereocenters. The summed E-state index contributed by atoms with van der Waals surface area (Å²) in [6, 6.07) is 30.5. The predicted molar refractivity (Wildman–Crippen MR) is 215 cm³/mol. The van der Waals surface area contributed by atoms with Crippen LogP contribution in [0, 0.1) is 34.9 Å². The number of rotatable bonds is 4. The number of nitrogens with zero attached hydrogens (tertiary/aromatic N) is 7. The van der Waals surface area contributed by atoms with Crippen LogP contribution in [0.3, 0.4) is 0 Å². The molecule has 11 rings (SSSR count). The minimum Gasteiger partial charge on any atom is -0.352 e. The van der Waals surface area contributed by atoms with Crippen LogP contribution < -0.4 is 10.7 Å². The highest BCUT2D eigenvalue weighted by molar-refractivity contribution is 6.12. The third-order valence-electron chi connectivity index (χ3n) is 10.3. The van der Waals surface area contributed by atoms with Crippen molar-refractivity contribution in [3.63, 3.8) is 0 Å². The molecule has 10 nitrogen and oxygen atoms in total. The molecular formula is C44H22F6N10. The largest absolute Gasteiger partial charge is 0.352 e. The maximum Gasteiger partial charge on any atom is 0.196 e. The van der Waals surface area contributed by atoms with Crippen LogP contribution >= 0.6 is 0 Å². The third kappa shape index (κ3) is 5.37. The molecule has 0 saturated carbocycles. The van der Waals surface area contributed by atoms with E-state index in [4.69, 9.17) is 29.9 Å². The first-order valence-electron chi connectivity index (χ1n) is 18.3. The fourth-order valence-electron chi connectivity index (χ4n) is 7.50. The summed E-state index contributed by atoms with van der Waals surface area (Å²) >= 11 is 0. The lowest BCUT2D eigenvalue weighted by atomic mass is 10.1. The molecule has 0 fully saturated rings. The zero-order valence-electron chi connectivity index (χ0n) is 30.4. The second-order valence-corrected chi connectivity index (χ2v) is 13.8. The highest BCUT2D eigenvalue weighted by Gasteiger charge is 2.25. The van der Waals surface area contributed by atoms with Crippen molar-refractivity contribution in [3.8, 4) is 45.6 Å². The van der Waals surface area contributed by atoms with Gasteiger partial charge in [-0.1, -0.05) is 84.9 Å². The van der Waals surface area contributed by atoms with Gasteiger partial charge in [0.2, 0.25) is 0 Å². The fraction of sp³-hybridized carbons (Fsp3) is 0. The van der Waals surface area contributed by atoms with Crippen LogP contribution in [0.1, 0.15) is 0 Å². The van der Waals surface area contributed by atoms with Crippen LogP contribution in [0.4, 0.5) is 43.4 Å². The smallest absolute Gasteiger partial charge is 0.196 e. The van der Waals surface area contributed by atoms with Gasteiger partial charge in [-0.15, -0.1) is 0 Å². The molecule has 60 heavy (non-hydrogen) atoms. The summed E-state index contributed by atoms with van der Waals surface area (Å²) in [4.78, 5) is 33.0. The Balaban J connectivity index is 1.29. The topological polar surface area (TPSA) is 122 Å². The minimum atomic E-state index is -1.67. The fourth-order valence-corrected chi connectivity index (χ4v) is 7.50. The molecule has 0 saturated heterocycles. The number of aromatic amines is 1. The molecule has 3 N–H and O–H groups in total. The maximum absolute atomic E-state index is 15.4. The summed E-state index contributed by atoms with van der Waals surface area (Å²) in [5.41, 5.74) is 5.73. The molecule has 290 valence electrons. The van der Waals surface area contributed by atoms with Crippen molar-refractivity contribution < 1.29 is 26.3 Å². The first kappa shape index (κ1) is 35.1. The van der Waals surface area contributed by atoms with Gasteiger partial charge in [0.1, 0.15) is 11.3 Å². The van der Waals surface area contributed by atoms with E-state index in [0.29, 0.717) is 49.4 Å². The number of hydrogen-bond donors (Lipinski definition) is 3. The van der Waals surface area contributed by atoms with E-state index >= 15 is 8.78 Å². The van der Waals surface area contributed by atoms with Crippen LogP contribution in [-0.2, 0) is 0 Å². The van der Waals surface area contributed by atoms with Gasteiger partial charge >= 0.3 is 0 Å². The monoisotopic (exact) mass is 804 g/mol. The van der Waals surface area contributed by atoms with E-state index in [0.717, 1.165) is 24.3 Å². The number of fused-ring (bicyclic) bond motifs is 20. The van der Waals surface area contributed by atoms with Gasteiger partial charge in [-0.2, -0.15) is 0 Å². The Labute approximate surface area is 332 Å². The van der Waals surface area contributed by atoms with Crippen molar-refractivity contribution in [3.05, 3.63) is 150 Å². The van der Waals surface area contributed by atoms with Crippen LogP contribution in [-0.4, -0.2) is 39.6 Å². The van der Waals surface area contributed by atoms with E-state index in [2.05, 4.69) is 15.7 Å². The van der Waals surface area contributed by atoms with Crippen LogP contribution in [0.15, 0.2) is 115 Å². The number of halogens is 6. The van der Waals surface area contributed by atoms with Gasteiger partial charge < -0.3 is 10.3 Å². The highest BCUT2D eigenvalue weighted by Crippen LogP contribution is 2.39. The molecule has 5 heterocycles. The SMILES string of the molecule is Fc1ccc(Nc2cccc3c4nc5nc(nc6c7ccccc7c(nc7nc(nc([nH]4)c23)-c2ccccc2-7)n6Nc2ccc(F)c(F)c2F)-c2ccccc2-5)c(F)c1F. The lowest BCUT2D eigenvalue weighted by Gasteiger charge is -2.11. The van der Waals surface area contributed by atoms with E-state index in [1.807, 2.05) is 24.3 Å². The average Bonchev–Trinajstić information content (AvgIpc) is 3.99. The van der Waals surface area contributed by atoms with Gasteiger partial charge in [-0.25, -0.2) is 60.9 Å². The molecule has 6 aromatic carbocycles. The van der Waals surface area contributed by atoms with Gasteiger partial charge in [0.05, 0.1) is 22.4 Å². The summed E-state index contributed by atoms with van der Waals surface area (Å²) in [7, 11) is 0. The van der Waals surface area contributed by atoms with Crippen LogP contribution in [0.5, 0.6) is 0 Å². The van der Waals surface area contributed by atoms with E-state index in [9.17, 15) is 17.6 Å². The summed E-state index contributed by atoms with van der Waals surface area (Å²) in [6.45, 7) is 0. The molecule has 0 radical (unpaired) electrons. The van der Waals surface area contributed by atoms with Gasteiger partial charge in [0, 0.05) is 38.4 Å². The maximum atomic E-state index is 15.4. The quantitative estimate of drug-likeness (QED) is 0.119. The molecule has 3 aromatic heterocycles. The van der Waals surface area contributed by atoms with Crippen molar-refractivity contribution >= 4 is 61.2 Å². The lowest BCUT2D eigenvalue weighted by molar-refractivity contribution is 0.448. The first-order valence-corrected chi connectivity index (χ1v) is 18.3.